The fourth-order valence-electron chi connectivity index (χ4n) is 2.74. The van der Waals surface area contributed by atoms with Crippen molar-refractivity contribution in [2.75, 3.05) is 19.6 Å². The van der Waals surface area contributed by atoms with E-state index in [9.17, 15) is 0 Å². The highest BCUT2D eigenvalue weighted by Crippen LogP contribution is 2.30. The number of nitrogens with zero attached hydrogens (tertiary/aromatic N) is 1. The highest BCUT2D eigenvalue weighted by atomic mass is 15.1. The van der Waals surface area contributed by atoms with Crippen LogP contribution in [-0.2, 0) is 0 Å². The summed E-state index contributed by atoms with van der Waals surface area (Å²) in [5.41, 5.74) is 0. The molecule has 0 spiro atoms. The van der Waals surface area contributed by atoms with Crippen molar-refractivity contribution in [2.45, 2.75) is 52.9 Å². The van der Waals surface area contributed by atoms with Gasteiger partial charge in [0, 0.05) is 6.54 Å². The van der Waals surface area contributed by atoms with E-state index >= 15 is 0 Å². The molecule has 14 heavy (non-hydrogen) atoms. The zero-order valence-electron chi connectivity index (χ0n) is 10.3. The van der Waals surface area contributed by atoms with E-state index in [1.165, 1.54) is 51.7 Å². The third-order valence-corrected chi connectivity index (χ3v) is 3.90. The van der Waals surface area contributed by atoms with Crippen LogP contribution >= 0.6 is 0 Å². The van der Waals surface area contributed by atoms with Crippen LogP contribution in [0.5, 0.6) is 0 Å². The standard InChI is InChI=1S/C13H27N/c1-4-14(5-2)11-12(3)13-9-7-6-8-10-13/h12-13H,4-11H2,1-3H3. The first-order valence-corrected chi connectivity index (χ1v) is 6.50. The smallest absolute Gasteiger partial charge is 0.000943 e. The van der Waals surface area contributed by atoms with Gasteiger partial charge in [-0.15, -0.1) is 0 Å². The highest BCUT2D eigenvalue weighted by molar-refractivity contribution is 4.73. The summed E-state index contributed by atoms with van der Waals surface area (Å²) in [6.07, 6.45) is 7.42. The molecule has 1 aliphatic carbocycles. The molecule has 1 heteroatoms. The lowest BCUT2D eigenvalue weighted by Crippen LogP contribution is -2.32. The minimum absolute atomic E-state index is 0.912. The van der Waals surface area contributed by atoms with Crippen molar-refractivity contribution in [3.05, 3.63) is 0 Å². The second-order valence-corrected chi connectivity index (χ2v) is 4.86. The molecule has 1 fully saturated rings. The van der Waals surface area contributed by atoms with E-state index in [0.717, 1.165) is 11.8 Å². The Balaban J connectivity index is 2.27. The Morgan fingerprint density at radius 2 is 1.64 bits per heavy atom. The lowest BCUT2D eigenvalue weighted by Gasteiger charge is -2.31. The molecule has 1 nitrogen and oxygen atoms in total. The van der Waals surface area contributed by atoms with Gasteiger partial charge in [0.15, 0.2) is 0 Å². The Bertz CT molecular complexity index is 134. The van der Waals surface area contributed by atoms with Crippen LogP contribution in [0.2, 0.25) is 0 Å². The summed E-state index contributed by atoms with van der Waals surface area (Å²) in [6, 6.07) is 0. The summed E-state index contributed by atoms with van der Waals surface area (Å²) in [5, 5.41) is 0. The molecule has 0 amide bonds. The van der Waals surface area contributed by atoms with Crippen molar-refractivity contribution >= 4 is 0 Å². The van der Waals surface area contributed by atoms with Crippen LogP contribution in [-0.4, -0.2) is 24.5 Å². The normalized spacial score (nSPS) is 21.4. The Morgan fingerprint density at radius 1 is 1.07 bits per heavy atom. The van der Waals surface area contributed by atoms with Gasteiger partial charge in [0.25, 0.3) is 0 Å². The SMILES string of the molecule is CCN(CC)CC(C)C1CCCCC1. The fraction of sp³-hybridized carbons (Fsp3) is 1.00. The van der Waals surface area contributed by atoms with E-state index in [1.54, 1.807) is 0 Å². The first-order chi connectivity index (χ1) is 6.77. The highest BCUT2D eigenvalue weighted by Gasteiger charge is 2.20. The lowest BCUT2D eigenvalue weighted by atomic mass is 9.80. The first-order valence-electron chi connectivity index (χ1n) is 6.50. The van der Waals surface area contributed by atoms with E-state index in [4.69, 9.17) is 0 Å². The van der Waals surface area contributed by atoms with Gasteiger partial charge in [0.05, 0.1) is 0 Å². The van der Waals surface area contributed by atoms with Crippen LogP contribution in [0.15, 0.2) is 0 Å². The van der Waals surface area contributed by atoms with Gasteiger partial charge in [0.2, 0.25) is 0 Å². The van der Waals surface area contributed by atoms with Crippen LogP contribution in [0.3, 0.4) is 0 Å². The summed E-state index contributed by atoms with van der Waals surface area (Å²) in [4.78, 5) is 2.57. The van der Waals surface area contributed by atoms with Gasteiger partial charge >= 0.3 is 0 Å². The van der Waals surface area contributed by atoms with E-state index in [-0.39, 0.29) is 0 Å². The van der Waals surface area contributed by atoms with Gasteiger partial charge < -0.3 is 4.90 Å². The summed E-state index contributed by atoms with van der Waals surface area (Å²) in [5.74, 6) is 1.93. The van der Waals surface area contributed by atoms with Crippen LogP contribution in [0.1, 0.15) is 52.9 Å². The molecular weight excluding hydrogens is 170 g/mol. The van der Waals surface area contributed by atoms with E-state index in [0.29, 0.717) is 0 Å². The molecule has 0 aromatic carbocycles. The molecule has 0 N–H and O–H groups in total. The molecule has 0 radical (unpaired) electrons. The Morgan fingerprint density at radius 3 is 2.14 bits per heavy atom. The number of hydrogen-bond acceptors (Lipinski definition) is 1. The fourth-order valence-corrected chi connectivity index (χ4v) is 2.74. The van der Waals surface area contributed by atoms with Crippen molar-refractivity contribution in [1.82, 2.24) is 4.90 Å². The molecule has 0 aromatic rings. The van der Waals surface area contributed by atoms with Crippen LogP contribution < -0.4 is 0 Å². The van der Waals surface area contributed by atoms with Crippen molar-refractivity contribution in [3.8, 4) is 0 Å². The molecule has 1 unspecified atom stereocenters. The first kappa shape index (κ1) is 12.0. The number of hydrogen-bond donors (Lipinski definition) is 0. The molecule has 1 rings (SSSR count). The third-order valence-electron chi connectivity index (χ3n) is 3.90. The van der Waals surface area contributed by atoms with Crippen molar-refractivity contribution in [3.63, 3.8) is 0 Å². The van der Waals surface area contributed by atoms with E-state index in [1.807, 2.05) is 0 Å². The average Bonchev–Trinajstić information content (AvgIpc) is 2.26. The maximum Gasteiger partial charge on any atom is 0.000943 e. The Kier molecular flexibility index (Phi) is 5.54. The largest absolute Gasteiger partial charge is 0.304 e. The zero-order chi connectivity index (χ0) is 10.4. The molecule has 1 saturated carbocycles. The van der Waals surface area contributed by atoms with Crippen LogP contribution in [0.4, 0.5) is 0 Å². The van der Waals surface area contributed by atoms with Crippen molar-refractivity contribution in [2.24, 2.45) is 11.8 Å². The molecule has 1 aliphatic rings. The zero-order valence-corrected chi connectivity index (χ0v) is 10.3. The van der Waals surface area contributed by atoms with Crippen molar-refractivity contribution in [1.29, 1.82) is 0 Å². The summed E-state index contributed by atoms with van der Waals surface area (Å²) in [6.45, 7) is 10.8. The quantitative estimate of drug-likeness (QED) is 0.651. The van der Waals surface area contributed by atoms with Crippen LogP contribution in [0.25, 0.3) is 0 Å². The van der Waals surface area contributed by atoms with E-state index < -0.39 is 0 Å². The second-order valence-electron chi connectivity index (χ2n) is 4.86. The van der Waals surface area contributed by atoms with Crippen LogP contribution in [0, 0.1) is 11.8 Å². The summed E-state index contributed by atoms with van der Waals surface area (Å²) < 4.78 is 0. The predicted octanol–water partition coefficient (Wildman–Crippen LogP) is 3.54. The molecule has 1 atom stereocenters. The lowest BCUT2D eigenvalue weighted by molar-refractivity contribution is 0.184. The molecule has 0 aliphatic heterocycles. The van der Waals surface area contributed by atoms with Gasteiger partial charge in [-0.3, -0.25) is 0 Å². The minimum atomic E-state index is 0.912. The molecule has 0 saturated heterocycles. The van der Waals surface area contributed by atoms with Gasteiger partial charge in [-0.25, -0.2) is 0 Å². The molecular formula is C13H27N. The van der Waals surface area contributed by atoms with Gasteiger partial charge in [-0.1, -0.05) is 52.9 Å². The Hall–Kier alpha value is -0.0400. The van der Waals surface area contributed by atoms with E-state index in [2.05, 4.69) is 25.7 Å². The monoisotopic (exact) mass is 197 g/mol. The van der Waals surface area contributed by atoms with Gasteiger partial charge in [-0.05, 0) is 24.9 Å². The molecule has 0 bridgehead atoms. The molecule has 84 valence electrons. The van der Waals surface area contributed by atoms with Crippen molar-refractivity contribution < 1.29 is 0 Å². The average molecular weight is 197 g/mol. The number of rotatable bonds is 5. The topological polar surface area (TPSA) is 3.24 Å². The third kappa shape index (κ3) is 3.61. The maximum atomic E-state index is 2.57. The maximum absolute atomic E-state index is 2.57. The summed E-state index contributed by atoms with van der Waals surface area (Å²) in [7, 11) is 0. The van der Waals surface area contributed by atoms with Gasteiger partial charge in [-0.2, -0.15) is 0 Å². The summed E-state index contributed by atoms with van der Waals surface area (Å²) >= 11 is 0. The molecule has 0 aromatic heterocycles. The predicted molar refractivity (Wildman–Crippen MR) is 63.5 cm³/mol. The van der Waals surface area contributed by atoms with Gasteiger partial charge in [0.1, 0.15) is 0 Å². The molecule has 0 heterocycles. The second kappa shape index (κ2) is 6.44. The minimum Gasteiger partial charge on any atom is -0.304 e. The Labute approximate surface area is 89.9 Å².